The number of rotatable bonds is 5. The Labute approximate surface area is 176 Å². The number of hydrogen-bond acceptors (Lipinski definition) is 3. The fraction of sp³-hybridized carbons (Fsp3) is 0.0476. The first-order valence-corrected chi connectivity index (χ1v) is 10.3. The Bertz CT molecular complexity index is 1120. The van der Waals surface area contributed by atoms with E-state index < -0.39 is 0 Å². The lowest BCUT2D eigenvalue weighted by atomic mass is 10.3. The molecule has 0 aliphatic carbocycles. The highest BCUT2D eigenvalue weighted by Crippen LogP contribution is 2.28. The number of nitrogens with zero attached hydrogens (tertiary/aromatic N) is 2. The van der Waals surface area contributed by atoms with Crippen LogP contribution in [0.5, 0.6) is 0 Å². The van der Waals surface area contributed by atoms with Crippen molar-refractivity contribution in [1.82, 2.24) is 9.55 Å². The Balaban J connectivity index is 1.57. The molecule has 0 spiro atoms. The minimum absolute atomic E-state index is 0.157. The lowest BCUT2D eigenvalue weighted by Gasteiger charge is -2.09. The summed E-state index contributed by atoms with van der Waals surface area (Å²) < 4.78 is 2.06. The van der Waals surface area contributed by atoms with E-state index in [1.165, 1.54) is 11.8 Å². The molecule has 0 atom stereocenters. The van der Waals surface area contributed by atoms with Gasteiger partial charge in [0.25, 0.3) is 0 Å². The minimum atomic E-state index is -0.157. The maximum Gasteiger partial charge on any atom is 0.234 e. The summed E-state index contributed by atoms with van der Waals surface area (Å²) in [6.45, 7) is 0. The predicted molar refractivity (Wildman–Crippen MR) is 117 cm³/mol. The van der Waals surface area contributed by atoms with E-state index in [0.29, 0.717) is 15.7 Å². The lowest BCUT2D eigenvalue weighted by molar-refractivity contribution is -0.113. The van der Waals surface area contributed by atoms with Gasteiger partial charge in [-0.25, -0.2) is 4.98 Å². The molecule has 0 unspecified atom stereocenters. The van der Waals surface area contributed by atoms with Crippen LogP contribution in [-0.4, -0.2) is 21.2 Å². The average Bonchev–Trinajstić information content (AvgIpc) is 3.04. The Morgan fingerprint density at radius 2 is 1.64 bits per heavy atom. The monoisotopic (exact) mass is 427 g/mol. The zero-order valence-electron chi connectivity index (χ0n) is 14.6. The van der Waals surface area contributed by atoms with Crippen LogP contribution in [-0.2, 0) is 4.79 Å². The molecule has 0 bridgehead atoms. The van der Waals surface area contributed by atoms with Crippen molar-refractivity contribution in [3.63, 3.8) is 0 Å². The van der Waals surface area contributed by atoms with Gasteiger partial charge in [0.15, 0.2) is 5.16 Å². The van der Waals surface area contributed by atoms with Gasteiger partial charge in [0.1, 0.15) is 0 Å². The molecule has 0 saturated carbocycles. The topological polar surface area (TPSA) is 46.9 Å². The van der Waals surface area contributed by atoms with Gasteiger partial charge in [-0.1, -0.05) is 65.3 Å². The van der Waals surface area contributed by atoms with Gasteiger partial charge in [0, 0.05) is 21.4 Å². The Kier molecular flexibility index (Phi) is 5.57. The molecule has 1 aromatic heterocycles. The van der Waals surface area contributed by atoms with Crippen LogP contribution in [0.15, 0.2) is 78.0 Å². The fourth-order valence-electron chi connectivity index (χ4n) is 2.88. The maximum atomic E-state index is 12.4. The second kappa shape index (κ2) is 8.27. The number of hydrogen-bond donors (Lipinski definition) is 1. The maximum absolute atomic E-state index is 12.4. The van der Waals surface area contributed by atoms with Crippen LogP contribution < -0.4 is 5.32 Å². The number of fused-ring (bicyclic) bond motifs is 1. The van der Waals surface area contributed by atoms with Crippen molar-refractivity contribution < 1.29 is 4.79 Å². The molecule has 0 saturated heterocycles. The van der Waals surface area contributed by atoms with Crippen LogP contribution in [0.1, 0.15) is 0 Å². The second-order valence-corrected chi connectivity index (χ2v) is 7.86. The molecule has 28 heavy (non-hydrogen) atoms. The number of benzene rings is 3. The molecule has 7 heteroatoms. The molecule has 4 rings (SSSR count). The van der Waals surface area contributed by atoms with E-state index in [2.05, 4.69) is 9.88 Å². The Hall–Kier alpha value is -2.47. The van der Waals surface area contributed by atoms with Gasteiger partial charge in [-0.2, -0.15) is 0 Å². The number of amides is 1. The lowest BCUT2D eigenvalue weighted by Crippen LogP contribution is -2.14. The molecular weight excluding hydrogens is 413 g/mol. The van der Waals surface area contributed by atoms with Crippen LogP contribution in [0.2, 0.25) is 10.0 Å². The zero-order chi connectivity index (χ0) is 19.5. The molecule has 3 aromatic carbocycles. The van der Waals surface area contributed by atoms with Crippen molar-refractivity contribution in [2.45, 2.75) is 5.16 Å². The van der Waals surface area contributed by atoms with Gasteiger partial charge >= 0.3 is 0 Å². The zero-order valence-corrected chi connectivity index (χ0v) is 16.9. The molecule has 140 valence electrons. The number of carbonyl (C=O) groups excluding carboxylic acids is 1. The number of aromatic nitrogens is 2. The number of halogens is 2. The van der Waals surface area contributed by atoms with Gasteiger partial charge in [0.05, 0.1) is 16.8 Å². The van der Waals surface area contributed by atoms with Crippen molar-refractivity contribution in [2.75, 3.05) is 11.1 Å². The van der Waals surface area contributed by atoms with Crippen LogP contribution in [0.4, 0.5) is 5.69 Å². The number of anilines is 1. The molecule has 1 amide bonds. The number of thioether (sulfide) groups is 1. The van der Waals surface area contributed by atoms with E-state index in [1.54, 1.807) is 18.2 Å². The van der Waals surface area contributed by atoms with Gasteiger partial charge in [-0.05, 0) is 42.5 Å². The first-order valence-electron chi connectivity index (χ1n) is 8.52. The number of imidazole rings is 1. The quantitative estimate of drug-likeness (QED) is 0.393. The van der Waals surface area contributed by atoms with E-state index in [1.807, 2.05) is 54.6 Å². The normalized spacial score (nSPS) is 10.9. The van der Waals surface area contributed by atoms with E-state index in [-0.39, 0.29) is 11.7 Å². The number of para-hydroxylation sites is 3. The van der Waals surface area contributed by atoms with Crippen LogP contribution in [0, 0.1) is 0 Å². The molecule has 1 N–H and O–H groups in total. The average molecular weight is 428 g/mol. The SMILES string of the molecule is O=C(CSc1nc2ccccc2n1-c1ccccc1)Nc1cc(Cl)cc(Cl)c1. The van der Waals surface area contributed by atoms with E-state index in [9.17, 15) is 4.79 Å². The van der Waals surface area contributed by atoms with Crippen LogP contribution in [0.3, 0.4) is 0 Å². The summed E-state index contributed by atoms with van der Waals surface area (Å²) in [6, 6.07) is 22.8. The van der Waals surface area contributed by atoms with Crippen molar-refractivity contribution in [1.29, 1.82) is 0 Å². The third kappa shape index (κ3) is 4.17. The van der Waals surface area contributed by atoms with Crippen LogP contribution >= 0.6 is 35.0 Å². The second-order valence-electron chi connectivity index (χ2n) is 6.05. The molecule has 0 aliphatic rings. The smallest absolute Gasteiger partial charge is 0.234 e. The van der Waals surface area contributed by atoms with Crippen molar-refractivity contribution in [3.05, 3.63) is 82.8 Å². The van der Waals surface area contributed by atoms with E-state index in [0.717, 1.165) is 21.9 Å². The third-order valence-corrected chi connectivity index (χ3v) is 5.40. The third-order valence-electron chi connectivity index (χ3n) is 4.02. The van der Waals surface area contributed by atoms with Gasteiger partial charge in [-0.3, -0.25) is 9.36 Å². The fourth-order valence-corrected chi connectivity index (χ4v) is 4.23. The summed E-state index contributed by atoms with van der Waals surface area (Å²) in [7, 11) is 0. The minimum Gasteiger partial charge on any atom is -0.325 e. The predicted octanol–water partition coefficient (Wildman–Crippen LogP) is 6.06. The summed E-state index contributed by atoms with van der Waals surface area (Å²) >= 11 is 13.3. The van der Waals surface area contributed by atoms with Crippen LogP contribution in [0.25, 0.3) is 16.7 Å². The standard InChI is InChI=1S/C21H15Cl2N3OS/c22-14-10-15(23)12-16(11-14)24-20(27)13-28-21-25-18-8-4-5-9-19(18)26(21)17-6-2-1-3-7-17/h1-12H,13H2,(H,24,27). The summed E-state index contributed by atoms with van der Waals surface area (Å²) in [5.74, 6) is 0.0512. The largest absolute Gasteiger partial charge is 0.325 e. The van der Waals surface area contributed by atoms with Crippen molar-refractivity contribution in [3.8, 4) is 5.69 Å². The molecule has 0 radical (unpaired) electrons. The Morgan fingerprint density at radius 3 is 2.39 bits per heavy atom. The summed E-state index contributed by atoms with van der Waals surface area (Å²) in [5, 5.41) is 4.52. The molecule has 1 heterocycles. The highest BCUT2D eigenvalue weighted by molar-refractivity contribution is 7.99. The molecular formula is C21H15Cl2N3OS. The molecule has 0 fully saturated rings. The highest BCUT2D eigenvalue weighted by atomic mass is 35.5. The van der Waals surface area contributed by atoms with Crippen molar-refractivity contribution >= 4 is 57.6 Å². The summed E-state index contributed by atoms with van der Waals surface area (Å²) in [6.07, 6.45) is 0. The highest BCUT2D eigenvalue weighted by Gasteiger charge is 2.14. The summed E-state index contributed by atoms with van der Waals surface area (Å²) in [4.78, 5) is 17.1. The van der Waals surface area contributed by atoms with E-state index in [4.69, 9.17) is 28.2 Å². The number of nitrogens with one attached hydrogen (secondary N) is 1. The van der Waals surface area contributed by atoms with E-state index >= 15 is 0 Å². The Morgan fingerprint density at radius 1 is 0.964 bits per heavy atom. The molecule has 0 aliphatic heterocycles. The molecule has 4 aromatic rings. The summed E-state index contributed by atoms with van der Waals surface area (Å²) in [5.41, 5.74) is 3.45. The van der Waals surface area contributed by atoms with Gasteiger partial charge in [-0.15, -0.1) is 0 Å². The molecule has 4 nitrogen and oxygen atoms in total. The first kappa shape index (κ1) is 18.9. The van der Waals surface area contributed by atoms with Gasteiger partial charge in [0.2, 0.25) is 5.91 Å². The van der Waals surface area contributed by atoms with Crippen molar-refractivity contribution in [2.24, 2.45) is 0 Å². The first-order chi connectivity index (χ1) is 13.6. The number of carbonyl (C=O) groups is 1. The van der Waals surface area contributed by atoms with Gasteiger partial charge < -0.3 is 5.32 Å².